The molecule has 1 unspecified atom stereocenters. The molecule has 2 N–H and O–H groups in total. The summed E-state index contributed by atoms with van der Waals surface area (Å²) in [7, 11) is 1.49. The third-order valence-electron chi connectivity index (χ3n) is 3.01. The highest BCUT2D eigenvalue weighted by molar-refractivity contribution is 5.96. The Bertz CT molecular complexity index is 679. The van der Waals surface area contributed by atoms with Gasteiger partial charge < -0.3 is 19.6 Å². The Morgan fingerprint density at radius 1 is 1.43 bits per heavy atom. The van der Waals surface area contributed by atoms with Crippen LogP contribution in [0.2, 0.25) is 0 Å². The van der Waals surface area contributed by atoms with E-state index in [0.29, 0.717) is 17.4 Å². The lowest BCUT2D eigenvalue weighted by molar-refractivity contribution is 0.0587. The average Bonchev–Trinajstić information content (AvgIpc) is 2.46. The molecular formula is C15H17NO5. The zero-order valence-electron chi connectivity index (χ0n) is 11.7. The van der Waals surface area contributed by atoms with Crippen molar-refractivity contribution in [2.45, 2.75) is 12.5 Å². The standard InChI is InChI=1S/C15H17NO5/c1-20-9-11(17)6-7-16-14(18)12-8-10-4-2-3-5-13(10)21-15(12)19/h2-5,8,11,17H,6-7,9H2,1H3,(H,16,18). The van der Waals surface area contributed by atoms with Crippen LogP contribution in [0, 0.1) is 0 Å². The number of para-hydroxylation sites is 1. The van der Waals surface area contributed by atoms with Gasteiger partial charge in [0.1, 0.15) is 11.1 Å². The number of methoxy groups -OCH3 is 1. The number of carbonyl (C=O) groups is 1. The molecule has 0 saturated heterocycles. The van der Waals surface area contributed by atoms with Gasteiger partial charge in [-0.25, -0.2) is 4.79 Å². The van der Waals surface area contributed by atoms with Gasteiger partial charge in [0.25, 0.3) is 5.91 Å². The van der Waals surface area contributed by atoms with E-state index in [0.717, 1.165) is 0 Å². The zero-order valence-corrected chi connectivity index (χ0v) is 11.7. The van der Waals surface area contributed by atoms with Crippen molar-refractivity contribution in [3.63, 3.8) is 0 Å². The monoisotopic (exact) mass is 291 g/mol. The van der Waals surface area contributed by atoms with E-state index < -0.39 is 17.6 Å². The van der Waals surface area contributed by atoms with Crippen molar-refractivity contribution < 1.29 is 19.1 Å². The van der Waals surface area contributed by atoms with E-state index in [1.807, 2.05) is 0 Å². The van der Waals surface area contributed by atoms with Crippen LogP contribution in [0.3, 0.4) is 0 Å². The predicted molar refractivity (Wildman–Crippen MR) is 77.3 cm³/mol. The maximum absolute atomic E-state index is 12.0. The van der Waals surface area contributed by atoms with Gasteiger partial charge in [0.15, 0.2) is 0 Å². The number of hydrogen-bond donors (Lipinski definition) is 2. The van der Waals surface area contributed by atoms with E-state index >= 15 is 0 Å². The molecule has 0 aliphatic carbocycles. The normalized spacial score (nSPS) is 12.3. The van der Waals surface area contributed by atoms with Crippen molar-refractivity contribution in [1.29, 1.82) is 0 Å². The second-order valence-corrected chi connectivity index (χ2v) is 4.64. The SMILES string of the molecule is COCC(O)CCNC(=O)c1cc2ccccc2oc1=O. The summed E-state index contributed by atoms with van der Waals surface area (Å²) in [6.45, 7) is 0.448. The van der Waals surface area contributed by atoms with Gasteiger partial charge in [0.05, 0.1) is 12.7 Å². The fourth-order valence-electron chi connectivity index (χ4n) is 1.94. The largest absolute Gasteiger partial charge is 0.422 e. The Labute approximate surface area is 121 Å². The zero-order chi connectivity index (χ0) is 15.2. The van der Waals surface area contributed by atoms with Gasteiger partial charge in [-0.3, -0.25) is 4.79 Å². The summed E-state index contributed by atoms with van der Waals surface area (Å²) in [5.41, 5.74) is -0.284. The Hall–Kier alpha value is -2.18. The van der Waals surface area contributed by atoms with E-state index in [1.165, 1.54) is 13.2 Å². The fourth-order valence-corrected chi connectivity index (χ4v) is 1.94. The molecule has 0 saturated carbocycles. The summed E-state index contributed by atoms with van der Waals surface area (Å²) in [5.74, 6) is -0.515. The molecule has 1 heterocycles. The Kier molecular flexibility index (Phi) is 5.08. The fraction of sp³-hybridized carbons (Fsp3) is 0.333. The van der Waals surface area contributed by atoms with Crippen LogP contribution in [0.25, 0.3) is 11.0 Å². The molecule has 6 nitrogen and oxygen atoms in total. The first-order valence-corrected chi connectivity index (χ1v) is 6.60. The number of aliphatic hydroxyl groups is 1. The highest BCUT2D eigenvalue weighted by Crippen LogP contribution is 2.12. The van der Waals surface area contributed by atoms with Gasteiger partial charge in [0, 0.05) is 19.0 Å². The summed E-state index contributed by atoms with van der Waals surface area (Å²) in [6, 6.07) is 8.48. The number of hydrogen-bond acceptors (Lipinski definition) is 5. The molecule has 1 amide bonds. The minimum atomic E-state index is -0.677. The van der Waals surface area contributed by atoms with Crippen molar-refractivity contribution in [1.82, 2.24) is 5.32 Å². The van der Waals surface area contributed by atoms with Gasteiger partial charge in [0.2, 0.25) is 0 Å². The minimum Gasteiger partial charge on any atom is -0.422 e. The van der Waals surface area contributed by atoms with Crippen LogP contribution in [0.1, 0.15) is 16.8 Å². The van der Waals surface area contributed by atoms with Gasteiger partial charge in [-0.15, -0.1) is 0 Å². The van der Waals surface area contributed by atoms with Crippen LogP contribution in [0.15, 0.2) is 39.5 Å². The third-order valence-corrected chi connectivity index (χ3v) is 3.01. The van der Waals surface area contributed by atoms with E-state index in [9.17, 15) is 14.7 Å². The lowest BCUT2D eigenvalue weighted by atomic mass is 10.1. The molecule has 0 spiro atoms. The van der Waals surface area contributed by atoms with Crippen LogP contribution < -0.4 is 10.9 Å². The summed E-state index contributed by atoms with van der Waals surface area (Å²) in [4.78, 5) is 23.7. The first-order valence-electron chi connectivity index (χ1n) is 6.60. The lowest BCUT2D eigenvalue weighted by Crippen LogP contribution is -2.31. The van der Waals surface area contributed by atoms with Gasteiger partial charge in [-0.2, -0.15) is 0 Å². The highest BCUT2D eigenvalue weighted by atomic mass is 16.5. The molecule has 0 bridgehead atoms. The van der Waals surface area contributed by atoms with Crippen LogP contribution in [0.5, 0.6) is 0 Å². The second kappa shape index (κ2) is 7.01. The molecule has 0 fully saturated rings. The Morgan fingerprint density at radius 2 is 2.19 bits per heavy atom. The first kappa shape index (κ1) is 15.2. The van der Waals surface area contributed by atoms with Crippen molar-refractivity contribution in [2.75, 3.05) is 20.3 Å². The summed E-state index contributed by atoms with van der Waals surface area (Å²) in [5, 5.41) is 12.7. The predicted octanol–water partition coefficient (Wildman–Crippen LogP) is 0.920. The smallest absolute Gasteiger partial charge is 0.349 e. The number of fused-ring (bicyclic) bond motifs is 1. The number of rotatable bonds is 6. The molecule has 6 heteroatoms. The quantitative estimate of drug-likeness (QED) is 0.773. The maximum Gasteiger partial charge on any atom is 0.349 e. The van der Waals surface area contributed by atoms with E-state index in [4.69, 9.17) is 9.15 Å². The van der Waals surface area contributed by atoms with Crippen LogP contribution in [-0.4, -0.2) is 37.4 Å². The van der Waals surface area contributed by atoms with Crippen molar-refractivity contribution >= 4 is 16.9 Å². The number of carbonyl (C=O) groups excluding carboxylic acids is 1. The van der Waals surface area contributed by atoms with Crippen molar-refractivity contribution in [3.05, 3.63) is 46.3 Å². The average molecular weight is 291 g/mol. The number of amides is 1. The molecule has 1 aromatic carbocycles. The van der Waals surface area contributed by atoms with Crippen LogP contribution >= 0.6 is 0 Å². The molecule has 0 radical (unpaired) electrons. The summed E-state index contributed by atoms with van der Waals surface area (Å²) < 4.78 is 9.88. The van der Waals surface area contributed by atoms with E-state index in [2.05, 4.69) is 5.32 Å². The molecule has 1 aromatic heterocycles. The number of benzene rings is 1. The molecule has 21 heavy (non-hydrogen) atoms. The van der Waals surface area contributed by atoms with Crippen molar-refractivity contribution in [2.24, 2.45) is 0 Å². The van der Waals surface area contributed by atoms with E-state index in [1.54, 1.807) is 24.3 Å². The number of ether oxygens (including phenoxy) is 1. The minimum absolute atomic E-state index is 0.0464. The molecule has 2 rings (SSSR count). The first-order chi connectivity index (χ1) is 10.1. The van der Waals surface area contributed by atoms with Crippen LogP contribution in [0.4, 0.5) is 0 Å². The number of aliphatic hydroxyl groups excluding tert-OH is 1. The molecule has 2 aromatic rings. The van der Waals surface area contributed by atoms with Crippen LogP contribution in [-0.2, 0) is 4.74 Å². The molecule has 112 valence electrons. The second-order valence-electron chi connectivity index (χ2n) is 4.64. The summed E-state index contributed by atoms with van der Waals surface area (Å²) in [6.07, 6.45) is -0.304. The molecule has 0 aliphatic heterocycles. The van der Waals surface area contributed by atoms with E-state index in [-0.39, 0.29) is 18.7 Å². The topological polar surface area (TPSA) is 88.8 Å². The summed E-state index contributed by atoms with van der Waals surface area (Å²) >= 11 is 0. The highest BCUT2D eigenvalue weighted by Gasteiger charge is 2.13. The van der Waals surface area contributed by atoms with Gasteiger partial charge in [-0.05, 0) is 18.6 Å². The Balaban J connectivity index is 2.05. The number of nitrogens with one attached hydrogen (secondary N) is 1. The maximum atomic E-state index is 12.0. The molecular weight excluding hydrogens is 274 g/mol. The molecule has 0 aliphatic rings. The van der Waals surface area contributed by atoms with Gasteiger partial charge in [-0.1, -0.05) is 18.2 Å². The van der Waals surface area contributed by atoms with Gasteiger partial charge >= 0.3 is 5.63 Å². The lowest BCUT2D eigenvalue weighted by Gasteiger charge is -2.09. The molecule has 1 atom stereocenters. The Morgan fingerprint density at radius 3 is 2.95 bits per heavy atom. The third kappa shape index (κ3) is 3.90. The van der Waals surface area contributed by atoms with Crippen molar-refractivity contribution in [3.8, 4) is 0 Å².